The van der Waals surface area contributed by atoms with Crippen LogP contribution in [0.25, 0.3) is 0 Å². The van der Waals surface area contributed by atoms with Crippen molar-refractivity contribution in [2.45, 2.75) is 39.7 Å². The van der Waals surface area contributed by atoms with Crippen LogP contribution in [0.4, 0.5) is 5.82 Å². The Balaban J connectivity index is 1.63. The second-order valence-electron chi connectivity index (χ2n) is 8.02. The maximum atomic E-state index is 12.8. The minimum Gasteiger partial charge on any atom is -0.348 e. The molecule has 0 aliphatic carbocycles. The van der Waals surface area contributed by atoms with Crippen molar-refractivity contribution in [2.75, 3.05) is 25.0 Å². The number of carbonyl (C=O) groups excluding carboxylic acids is 2. The highest BCUT2D eigenvalue weighted by atomic mass is 16.2. The first-order valence-electron chi connectivity index (χ1n) is 10.1. The van der Waals surface area contributed by atoms with Gasteiger partial charge in [-0.1, -0.05) is 31.5 Å². The highest BCUT2D eigenvalue weighted by Gasteiger charge is 2.24. The summed E-state index contributed by atoms with van der Waals surface area (Å²) >= 11 is 0. The molecule has 2 heterocycles. The Morgan fingerprint density at radius 2 is 1.86 bits per heavy atom. The van der Waals surface area contributed by atoms with E-state index < -0.39 is 0 Å². The molecule has 2 N–H and O–H groups in total. The summed E-state index contributed by atoms with van der Waals surface area (Å²) in [6, 6.07) is 7.36. The van der Waals surface area contributed by atoms with Crippen LogP contribution in [0.15, 0.2) is 36.7 Å². The van der Waals surface area contributed by atoms with E-state index in [0.717, 1.165) is 38.0 Å². The lowest BCUT2D eigenvalue weighted by Crippen LogP contribution is -2.45. The van der Waals surface area contributed by atoms with Crippen LogP contribution in [-0.2, 0) is 0 Å². The fraction of sp³-hybridized carbons (Fsp3) is 0.455. The average Bonchev–Trinajstić information content (AvgIpc) is 2.69. The number of nitrogens with one attached hydrogen (secondary N) is 2. The zero-order valence-corrected chi connectivity index (χ0v) is 17.3. The summed E-state index contributed by atoms with van der Waals surface area (Å²) in [7, 11) is 0. The third kappa shape index (κ3) is 5.84. The van der Waals surface area contributed by atoms with Crippen molar-refractivity contribution in [1.29, 1.82) is 0 Å². The first kappa shape index (κ1) is 20.9. The van der Waals surface area contributed by atoms with Crippen LogP contribution in [0.1, 0.15) is 53.1 Å². The number of amides is 2. The maximum absolute atomic E-state index is 12.8. The lowest BCUT2D eigenvalue weighted by Gasteiger charge is -2.33. The van der Waals surface area contributed by atoms with Crippen LogP contribution < -0.4 is 10.6 Å². The Bertz CT molecular complexity index is 860. The number of benzene rings is 1. The van der Waals surface area contributed by atoms with Gasteiger partial charge in [-0.2, -0.15) is 0 Å². The summed E-state index contributed by atoms with van der Waals surface area (Å²) in [4.78, 5) is 36.1. The number of aromatic nitrogens is 2. The molecule has 7 heteroatoms. The smallest absolute Gasteiger partial charge is 0.273 e. The van der Waals surface area contributed by atoms with Crippen molar-refractivity contribution in [3.05, 3.63) is 53.5 Å². The van der Waals surface area contributed by atoms with E-state index in [4.69, 9.17) is 0 Å². The van der Waals surface area contributed by atoms with Gasteiger partial charge in [-0.15, -0.1) is 0 Å². The normalized spacial score (nSPS) is 15.3. The highest BCUT2D eigenvalue weighted by molar-refractivity contribution is 6.07. The van der Waals surface area contributed by atoms with Gasteiger partial charge in [-0.05, 0) is 37.8 Å². The summed E-state index contributed by atoms with van der Waals surface area (Å²) < 4.78 is 0. The molecule has 0 atom stereocenters. The van der Waals surface area contributed by atoms with E-state index in [-0.39, 0.29) is 29.4 Å². The number of anilines is 1. The van der Waals surface area contributed by atoms with Crippen molar-refractivity contribution in [1.82, 2.24) is 20.2 Å². The van der Waals surface area contributed by atoms with Crippen molar-refractivity contribution in [3.63, 3.8) is 0 Å². The van der Waals surface area contributed by atoms with Crippen LogP contribution in [0, 0.1) is 12.8 Å². The molecule has 1 fully saturated rings. The molecule has 29 heavy (non-hydrogen) atoms. The fourth-order valence-electron chi connectivity index (χ4n) is 3.59. The van der Waals surface area contributed by atoms with Gasteiger partial charge in [-0.3, -0.25) is 9.59 Å². The number of hydrogen-bond acceptors (Lipinski definition) is 5. The van der Waals surface area contributed by atoms with Gasteiger partial charge in [0.25, 0.3) is 11.8 Å². The van der Waals surface area contributed by atoms with Gasteiger partial charge in [0.2, 0.25) is 0 Å². The van der Waals surface area contributed by atoms with E-state index in [1.165, 1.54) is 12.4 Å². The molecule has 2 aromatic rings. The predicted octanol–water partition coefficient (Wildman–Crippen LogP) is 2.89. The largest absolute Gasteiger partial charge is 0.348 e. The second-order valence-corrected chi connectivity index (χ2v) is 8.02. The molecule has 7 nitrogen and oxygen atoms in total. The molecule has 1 saturated heterocycles. The molecule has 0 saturated carbocycles. The van der Waals surface area contributed by atoms with Crippen LogP contribution in [0.3, 0.4) is 0 Å². The molecule has 1 aliphatic rings. The van der Waals surface area contributed by atoms with Crippen molar-refractivity contribution < 1.29 is 9.59 Å². The predicted molar refractivity (Wildman–Crippen MR) is 113 cm³/mol. The second kappa shape index (κ2) is 9.60. The lowest BCUT2D eigenvalue weighted by molar-refractivity contribution is 0.0903. The summed E-state index contributed by atoms with van der Waals surface area (Å²) in [5.74, 6) is 0.194. The zero-order chi connectivity index (χ0) is 20.8. The van der Waals surface area contributed by atoms with Crippen LogP contribution in [0.2, 0.25) is 0 Å². The fourth-order valence-corrected chi connectivity index (χ4v) is 3.59. The van der Waals surface area contributed by atoms with Gasteiger partial charge in [0.1, 0.15) is 0 Å². The molecule has 0 spiro atoms. The Morgan fingerprint density at radius 1 is 1.14 bits per heavy atom. The minimum atomic E-state index is -0.315. The quantitative estimate of drug-likeness (QED) is 0.785. The van der Waals surface area contributed by atoms with Gasteiger partial charge in [0.15, 0.2) is 11.5 Å². The third-order valence-electron chi connectivity index (χ3n) is 4.97. The van der Waals surface area contributed by atoms with E-state index >= 15 is 0 Å². The van der Waals surface area contributed by atoms with Crippen LogP contribution in [0.5, 0.6) is 0 Å². The number of likely N-dealkylation sites (tertiary alicyclic amines) is 1. The first-order chi connectivity index (χ1) is 13.9. The molecule has 0 unspecified atom stereocenters. The Morgan fingerprint density at radius 3 is 2.55 bits per heavy atom. The molecule has 154 valence electrons. The number of carbonyl (C=O) groups is 2. The van der Waals surface area contributed by atoms with Crippen LogP contribution in [-0.4, -0.2) is 52.4 Å². The number of piperidine rings is 1. The lowest BCUT2D eigenvalue weighted by atomic mass is 10.0. The summed E-state index contributed by atoms with van der Waals surface area (Å²) in [5.41, 5.74) is 1.64. The zero-order valence-electron chi connectivity index (χ0n) is 17.3. The van der Waals surface area contributed by atoms with Crippen molar-refractivity contribution in [3.8, 4) is 0 Å². The number of rotatable bonds is 6. The third-order valence-corrected chi connectivity index (χ3v) is 4.97. The first-order valence-corrected chi connectivity index (χ1v) is 10.1. The number of hydrogen-bond donors (Lipinski definition) is 2. The van der Waals surface area contributed by atoms with Gasteiger partial charge in [0, 0.05) is 43.6 Å². The van der Waals surface area contributed by atoms with Gasteiger partial charge < -0.3 is 15.5 Å². The molecule has 3 rings (SSSR count). The molecule has 1 aromatic carbocycles. The van der Waals surface area contributed by atoms with E-state index in [2.05, 4.69) is 39.3 Å². The number of nitrogens with zero attached hydrogens (tertiary/aromatic N) is 3. The van der Waals surface area contributed by atoms with E-state index in [0.29, 0.717) is 11.5 Å². The standard InChI is InChI=1S/C22H29N5O2/c1-15(2)14-27-11-7-18(8-12-27)25-22(29)19-20(24-10-9-23-19)26-21(28)17-6-4-5-16(3)13-17/h4-6,9-10,13,15,18H,7-8,11-12,14H2,1-3H3,(H,25,29)(H,24,26,28). The van der Waals surface area contributed by atoms with Crippen LogP contribution >= 0.6 is 0 Å². The molecular weight excluding hydrogens is 366 g/mol. The monoisotopic (exact) mass is 395 g/mol. The Hall–Kier alpha value is -2.80. The van der Waals surface area contributed by atoms with Gasteiger partial charge in [-0.25, -0.2) is 9.97 Å². The number of aryl methyl sites for hydroxylation is 1. The highest BCUT2D eigenvalue weighted by Crippen LogP contribution is 2.15. The van der Waals surface area contributed by atoms with E-state index in [1.54, 1.807) is 12.1 Å². The van der Waals surface area contributed by atoms with Crippen molar-refractivity contribution >= 4 is 17.6 Å². The molecule has 1 aromatic heterocycles. The molecule has 1 aliphatic heterocycles. The summed E-state index contributed by atoms with van der Waals surface area (Å²) in [5, 5.41) is 5.77. The maximum Gasteiger partial charge on any atom is 0.273 e. The SMILES string of the molecule is Cc1cccc(C(=O)Nc2nccnc2C(=O)NC2CCN(CC(C)C)CC2)c1. The molecule has 0 bridgehead atoms. The summed E-state index contributed by atoms with van der Waals surface area (Å²) in [6.45, 7) is 9.38. The van der Waals surface area contributed by atoms with E-state index in [1.807, 2.05) is 19.1 Å². The molecule has 0 radical (unpaired) electrons. The van der Waals surface area contributed by atoms with Gasteiger partial charge >= 0.3 is 0 Å². The minimum absolute atomic E-state index is 0.105. The summed E-state index contributed by atoms with van der Waals surface area (Å²) in [6.07, 6.45) is 4.74. The molecule has 2 amide bonds. The van der Waals surface area contributed by atoms with Gasteiger partial charge in [0.05, 0.1) is 0 Å². The average molecular weight is 396 g/mol. The topological polar surface area (TPSA) is 87.2 Å². The van der Waals surface area contributed by atoms with E-state index in [9.17, 15) is 9.59 Å². The Kier molecular flexibility index (Phi) is 6.93. The van der Waals surface area contributed by atoms with Crippen molar-refractivity contribution in [2.24, 2.45) is 5.92 Å². The Labute approximate surface area is 171 Å². The molecular formula is C22H29N5O2.